The van der Waals surface area contributed by atoms with Crippen molar-refractivity contribution in [3.05, 3.63) is 255 Å². The fraction of sp³-hybridized carbons (Fsp3) is 0. The minimum absolute atomic E-state index is 1.01. The third kappa shape index (κ3) is 5.96. The molecule has 0 aliphatic heterocycles. The first kappa shape index (κ1) is 44.5. The SMILES string of the molecule is c1ccc(-n2c3ccccc3c3c2ccc2c4c(ccc5c6ccccc6sc54)c4nc5ccccc5n4c23)cc1.c1ccc(-n2c3ccccc3c3cc4c5ccc6sc7ccccc7c6c5c5nc6ccccc6n5c4cc32)cc1. The van der Waals surface area contributed by atoms with Gasteiger partial charge < -0.3 is 9.13 Å². The number of imidazole rings is 2. The van der Waals surface area contributed by atoms with Crippen molar-refractivity contribution in [3.8, 4) is 11.4 Å². The van der Waals surface area contributed by atoms with E-state index >= 15 is 0 Å². The summed E-state index contributed by atoms with van der Waals surface area (Å²) in [4.78, 5) is 10.6. The normalized spacial score (nSPS) is 12.4. The number of hydrogen-bond donors (Lipinski definition) is 0. The smallest absolute Gasteiger partial charge is 0.147 e. The minimum Gasteiger partial charge on any atom is -0.309 e. The molecule has 0 N–H and O–H groups in total. The van der Waals surface area contributed by atoms with E-state index in [1.807, 2.05) is 22.7 Å². The first-order chi connectivity index (χ1) is 40.7. The largest absolute Gasteiger partial charge is 0.309 e. The number of thiophene rings is 2. The molecule has 0 aliphatic rings. The molecule has 8 heterocycles. The maximum atomic E-state index is 5.29. The molecule has 6 nitrogen and oxygen atoms in total. The van der Waals surface area contributed by atoms with E-state index in [1.165, 1.54) is 127 Å². The van der Waals surface area contributed by atoms with E-state index in [0.29, 0.717) is 0 Å². The van der Waals surface area contributed by atoms with E-state index < -0.39 is 0 Å². The lowest BCUT2D eigenvalue weighted by molar-refractivity contribution is 1.18. The van der Waals surface area contributed by atoms with E-state index in [1.54, 1.807) is 0 Å². The second kappa shape index (κ2) is 16.6. The summed E-state index contributed by atoms with van der Waals surface area (Å²) in [6.07, 6.45) is 0. The molecule has 380 valence electrons. The molecule has 0 atom stereocenters. The van der Waals surface area contributed by atoms with E-state index in [9.17, 15) is 0 Å². The van der Waals surface area contributed by atoms with Gasteiger partial charge in [-0.25, -0.2) is 9.97 Å². The molecule has 0 saturated carbocycles. The van der Waals surface area contributed by atoms with E-state index in [-0.39, 0.29) is 0 Å². The van der Waals surface area contributed by atoms with Crippen molar-refractivity contribution >= 4 is 183 Å². The fourth-order valence-corrected chi connectivity index (χ4v) is 16.4. The lowest BCUT2D eigenvalue weighted by atomic mass is 9.99. The predicted molar refractivity (Wildman–Crippen MR) is 350 cm³/mol. The van der Waals surface area contributed by atoms with Crippen LogP contribution < -0.4 is 0 Å². The third-order valence-electron chi connectivity index (χ3n) is 17.3. The van der Waals surface area contributed by atoms with Gasteiger partial charge in [0, 0.05) is 100 Å². The van der Waals surface area contributed by atoms with Gasteiger partial charge in [-0.2, -0.15) is 0 Å². The topological polar surface area (TPSA) is 44.5 Å². The van der Waals surface area contributed by atoms with Crippen LogP contribution in [-0.4, -0.2) is 27.9 Å². The van der Waals surface area contributed by atoms with Crippen molar-refractivity contribution in [1.29, 1.82) is 0 Å². The van der Waals surface area contributed by atoms with Gasteiger partial charge in [-0.15, -0.1) is 22.7 Å². The highest BCUT2D eigenvalue weighted by Gasteiger charge is 2.24. The van der Waals surface area contributed by atoms with Gasteiger partial charge in [0.25, 0.3) is 0 Å². The van der Waals surface area contributed by atoms with Crippen LogP contribution in [0.15, 0.2) is 255 Å². The van der Waals surface area contributed by atoms with Crippen molar-refractivity contribution in [3.63, 3.8) is 0 Å². The molecule has 20 rings (SSSR count). The van der Waals surface area contributed by atoms with Gasteiger partial charge in [0.05, 0.1) is 55.2 Å². The molecule has 82 heavy (non-hydrogen) atoms. The number of hydrogen-bond acceptors (Lipinski definition) is 4. The van der Waals surface area contributed by atoms with Crippen LogP contribution in [0.5, 0.6) is 0 Å². The molecule has 8 heteroatoms. The highest BCUT2D eigenvalue weighted by Crippen LogP contribution is 2.48. The van der Waals surface area contributed by atoms with Crippen LogP contribution in [0.3, 0.4) is 0 Å². The number of para-hydroxylation sites is 8. The van der Waals surface area contributed by atoms with Crippen LogP contribution in [0.2, 0.25) is 0 Å². The number of rotatable bonds is 2. The highest BCUT2D eigenvalue weighted by molar-refractivity contribution is 7.27. The predicted octanol–water partition coefficient (Wildman–Crippen LogP) is 20.5. The first-order valence-corrected chi connectivity index (χ1v) is 29.4. The van der Waals surface area contributed by atoms with Crippen LogP contribution in [0.25, 0.3) is 172 Å². The maximum absolute atomic E-state index is 5.29. The van der Waals surface area contributed by atoms with Gasteiger partial charge in [-0.05, 0) is 109 Å². The molecular weight excluding hydrogens is 1040 g/mol. The van der Waals surface area contributed by atoms with Crippen molar-refractivity contribution in [2.24, 2.45) is 0 Å². The van der Waals surface area contributed by atoms with E-state index in [0.717, 1.165) is 44.7 Å². The molecule has 0 unspecified atom stereocenters. The molecule has 0 saturated heterocycles. The van der Waals surface area contributed by atoms with Gasteiger partial charge in [0.1, 0.15) is 11.3 Å². The number of nitrogens with zero attached hydrogens (tertiary/aromatic N) is 6. The Hall–Kier alpha value is -10.4. The molecule has 0 fully saturated rings. The summed E-state index contributed by atoms with van der Waals surface area (Å²) in [5.74, 6) is 0. The standard InChI is InChI=1S/2C37H21N3S/c1-2-10-22(11-3-1)39-29-15-7-4-13-25(29)34-31(39)21-20-26-33-27(19-18-24-23-12-5-9-17-32(23)41-36(24)33)37-38-28-14-6-8-16-30(28)40(37)35(26)34;1-2-10-22(11-3-1)39-29-15-7-4-12-23(29)26-20-27-24-18-19-34-35(25-13-5-9-17-33(25)41-34)36(24)37-38-28-14-6-8-16-30(28)40(37)32(27)21-31(26)39/h2*1-21H. The maximum Gasteiger partial charge on any atom is 0.147 e. The summed E-state index contributed by atoms with van der Waals surface area (Å²) in [5, 5.41) is 17.7. The Morgan fingerprint density at radius 2 is 0.793 bits per heavy atom. The number of aromatic nitrogens is 6. The summed E-state index contributed by atoms with van der Waals surface area (Å²) in [5.41, 5.74) is 15.9. The minimum atomic E-state index is 1.01. The lowest BCUT2D eigenvalue weighted by Crippen LogP contribution is -1.95. The molecular formula is C74H42N6S2. The monoisotopic (exact) mass is 1080 g/mol. The number of benzene rings is 12. The van der Waals surface area contributed by atoms with E-state index in [4.69, 9.17) is 9.97 Å². The Kier molecular flexibility index (Phi) is 9.00. The second-order valence-electron chi connectivity index (χ2n) is 21.6. The summed E-state index contributed by atoms with van der Waals surface area (Å²) in [6.45, 7) is 0. The quantitative estimate of drug-likeness (QED) is 0.162. The van der Waals surface area contributed by atoms with Gasteiger partial charge in [-0.1, -0.05) is 152 Å². The zero-order valence-corrected chi connectivity index (χ0v) is 45.4. The lowest BCUT2D eigenvalue weighted by Gasteiger charge is -2.13. The van der Waals surface area contributed by atoms with Gasteiger partial charge in [0.15, 0.2) is 0 Å². The summed E-state index contributed by atoms with van der Waals surface area (Å²) in [7, 11) is 0. The molecule has 12 aromatic carbocycles. The fourth-order valence-electron chi connectivity index (χ4n) is 14.0. The van der Waals surface area contributed by atoms with Gasteiger partial charge in [0.2, 0.25) is 0 Å². The Labute approximate surface area is 474 Å². The van der Waals surface area contributed by atoms with Crippen molar-refractivity contribution in [2.75, 3.05) is 0 Å². The number of fused-ring (bicyclic) bond motifs is 31. The second-order valence-corrected chi connectivity index (χ2v) is 23.7. The number of pyridine rings is 2. The Morgan fingerprint density at radius 3 is 1.54 bits per heavy atom. The zero-order valence-electron chi connectivity index (χ0n) is 43.7. The average molecular weight is 1080 g/mol. The molecule has 20 aromatic rings. The highest BCUT2D eigenvalue weighted by atomic mass is 32.1. The van der Waals surface area contributed by atoms with Crippen LogP contribution in [-0.2, 0) is 0 Å². The summed E-state index contributed by atoms with van der Waals surface area (Å²) < 4.78 is 14.9. The summed E-state index contributed by atoms with van der Waals surface area (Å²) >= 11 is 3.75. The Balaban J connectivity index is 0.000000122. The zero-order chi connectivity index (χ0) is 53.3. The molecule has 0 radical (unpaired) electrons. The van der Waals surface area contributed by atoms with Crippen LogP contribution in [0.4, 0.5) is 0 Å². The molecule has 0 amide bonds. The molecule has 0 spiro atoms. The Bertz CT molecular complexity index is 6130. The molecule has 0 aliphatic carbocycles. The van der Waals surface area contributed by atoms with Crippen LogP contribution in [0, 0.1) is 0 Å². The summed E-state index contributed by atoms with van der Waals surface area (Å²) in [6, 6.07) is 92.2. The first-order valence-electron chi connectivity index (χ1n) is 27.8. The molecule has 8 aromatic heterocycles. The van der Waals surface area contributed by atoms with Crippen LogP contribution >= 0.6 is 22.7 Å². The third-order valence-corrected chi connectivity index (χ3v) is 19.7. The van der Waals surface area contributed by atoms with Gasteiger partial charge >= 0.3 is 0 Å². The van der Waals surface area contributed by atoms with Crippen molar-refractivity contribution < 1.29 is 0 Å². The van der Waals surface area contributed by atoms with Crippen molar-refractivity contribution in [2.45, 2.75) is 0 Å². The van der Waals surface area contributed by atoms with E-state index in [2.05, 4.69) is 273 Å². The van der Waals surface area contributed by atoms with Crippen molar-refractivity contribution in [1.82, 2.24) is 27.9 Å². The molecule has 0 bridgehead atoms. The average Bonchev–Trinajstić information content (AvgIpc) is 2.34. The Morgan fingerprint density at radius 1 is 0.256 bits per heavy atom. The van der Waals surface area contributed by atoms with Gasteiger partial charge in [-0.3, -0.25) is 8.80 Å². The van der Waals surface area contributed by atoms with Crippen LogP contribution in [0.1, 0.15) is 0 Å².